The van der Waals surface area contributed by atoms with Crippen LogP contribution in [0.2, 0.25) is 5.15 Å². The highest BCUT2D eigenvalue weighted by Crippen LogP contribution is 2.16. The van der Waals surface area contributed by atoms with Crippen LogP contribution in [0.15, 0.2) is 24.3 Å². The van der Waals surface area contributed by atoms with Gasteiger partial charge in [0.2, 0.25) is 5.88 Å². The van der Waals surface area contributed by atoms with Crippen LogP contribution in [-0.2, 0) is 0 Å². The molecule has 0 spiro atoms. The van der Waals surface area contributed by atoms with E-state index in [-0.39, 0.29) is 5.15 Å². The molecule has 0 radical (unpaired) electrons. The molecule has 0 atom stereocenters. The van der Waals surface area contributed by atoms with Crippen LogP contribution in [0.1, 0.15) is 18.9 Å². The van der Waals surface area contributed by atoms with Crippen molar-refractivity contribution in [2.24, 2.45) is 0 Å². The summed E-state index contributed by atoms with van der Waals surface area (Å²) in [5.74, 6) is 0.375. The number of nitrogens with zero attached hydrogens (tertiary/aromatic N) is 2. The highest BCUT2D eigenvalue weighted by Gasteiger charge is 2.01. The fourth-order valence-electron chi connectivity index (χ4n) is 0.941. The maximum Gasteiger partial charge on any atom is 0.215 e. The van der Waals surface area contributed by atoms with Gasteiger partial charge in [0.25, 0.3) is 0 Å². The second-order valence-corrected chi connectivity index (χ2v) is 3.57. The van der Waals surface area contributed by atoms with Gasteiger partial charge in [-0.1, -0.05) is 17.2 Å². The largest absolute Gasteiger partial charge is 0.477 e. The Balaban J connectivity index is 2.65. The van der Waals surface area contributed by atoms with E-state index in [0.717, 1.165) is 12.0 Å². The summed E-state index contributed by atoms with van der Waals surface area (Å²) >= 11 is 5.71. The van der Waals surface area contributed by atoms with Crippen molar-refractivity contribution in [1.29, 1.82) is 5.26 Å². The van der Waals surface area contributed by atoms with Crippen molar-refractivity contribution in [3.63, 3.8) is 0 Å². The molecular formula is C11H11ClN2O. The molecule has 3 nitrogen and oxygen atoms in total. The standard InChI is InChI=1S/C11H11ClN2O/c1-8(2)3-4-15-11-6-9(7-13)5-10(12)14-11/h5-6H,1,3-4H2,2H3. The Hall–Kier alpha value is -1.53. The molecule has 0 bridgehead atoms. The zero-order valence-corrected chi connectivity index (χ0v) is 9.21. The molecule has 0 unspecified atom stereocenters. The number of hydrogen-bond donors (Lipinski definition) is 0. The lowest BCUT2D eigenvalue weighted by Crippen LogP contribution is -1.99. The second kappa shape index (κ2) is 5.38. The van der Waals surface area contributed by atoms with Crippen LogP contribution in [0.25, 0.3) is 0 Å². The minimum Gasteiger partial charge on any atom is -0.477 e. The van der Waals surface area contributed by atoms with Crippen molar-refractivity contribution in [3.8, 4) is 11.9 Å². The Morgan fingerprint density at radius 3 is 3.00 bits per heavy atom. The fraction of sp³-hybridized carbons (Fsp3) is 0.273. The average Bonchev–Trinajstić information content (AvgIpc) is 2.16. The van der Waals surface area contributed by atoms with E-state index in [9.17, 15) is 0 Å². The molecule has 1 aromatic heterocycles. The number of halogens is 1. The van der Waals surface area contributed by atoms with Crippen LogP contribution in [0.4, 0.5) is 0 Å². The zero-order chi connectivity index (χ0) is 11.3. The first kappa shape index (κ1) is 11.5. The van der Waals surface area contributed by atoms with E-state index in [1.165, 1.54) is 6.07 Å². The van der Waals surface area contributed by atoms with Crippen LogP contribution >= 0.6 is 11.6 Å². The van der Waals surface area contributed by atoms with Gasteiger partial charge in [-0.2, -0.15) is 5.26 Å². The fourth-order valence-corrected chi connectivity index (χ4v) is 1.14. The molecule has 78 valence electrons. The molecule has 1 heterocycles. The van der Waals surface area contributed by atoms with Gasteiger partial charge in [-0.05, 0) is 13.0 Å². The quantitative estimate of drug-likeness (QED) is 0.581. The van der Waals surface area contributed by atoms with E-state index < -0.39 is 0 Å². The summed E-state index contributed by atoms with van der Waals surface area (Å²) in [6.07, 6.45) is 0.760. The molecule has 0 amide bonds. The van der Waals surface area contributed by atoms with Gasteiger partial charge in [-0.15, -0.1) is 6.58 Å². The van der Waals surface area contributed by atoms with Crippen LogP contribution in [-0.4, -0.2) is 11.6 Å². The number of hydrogen-bond acceptors (Lipinski definition) is 3. The molecule has 0 aliphatic rings. The van der Waals surface area contributed by atoms with Crippen molar-refractivity contribution in [1.82, 2.24) is 4.98 Å². The number of ether oxygens (including phenoxy) is 1. The monoisotopic (exact) mass is 222 g/mol. The lowest BCUT2D eigenvalue weighted by Gasteiger charge is -2.05. The van der Waals surface area contributed by atoms with Gasteiger partial charge in [0.15, 0.2) is 0 Å². The van der Waals surface area contributed by atoms with Gasteiger partial charge in [0, 0.05) is 12.5 Å². The lowest BCUT2D eigenvalue weighted by atomic mass is 10.2. The van der Waals surface area contributed by atoms with Gasteiger partial charge in [0.1, 0.15) is 5.15 Å². The molecule has 0 fully saturated rings. The maximum atomic E-state index is 8.69. The van der Waals surface area contributed by atoms with Gasteiger partial charge in [-0.25, -0.2) is 4.98 Å². The lowest BCUT2D eigenvalue weighted by molar-refractivity contribution is 0.309. The highest BCUT2D eigenvalue weighted by atomic mass is 35.5. The average molecular weight is 223 g/mol. The van der Waals surface area contributed by atoms with Crippen molar-refractivity contribution >= 4 is 11.6 Å². The summed E-state index contributed by atoms with van der Waals surface area (Å²) in [6, 6.07) is 5.04. The Morgan fingerprint density at radius 1 is 1.67 bits per heavy atom. The molecule has 0 aliphatic heterocycles. The first-order valence-corrected chi connectivity index (χ1v) is 4.84. The SMILES string of the molecule is C=C(C)CCOc1cc(C#N)cc(Cl)n1. The molecule has 0 aromatic carbocycles. The van der Waals surface area contributed by atoms with Gasteiger partial charge in [0.05, 0.1) is 18.2 Å². The van der Waals surface area contributed by atoms with E-state index in [2.05, 4.69) is 11.6 Å². The van der Waals surface area contributed by atoms with Gasteiger partial charge >= 0.3 is 0 Å². The van der Waals surface area contributed by atoms with Crippen LogP contribution in [0.3, 0.4) is 0 Å². The highest BCUT2D eigenvalue weighted by molar-refractivity contribution is 6.29. The molecule has 0 aliphatic carbocycles. The summed E-state index contributed by atoms with van der Waals surface area (Å²) in [5, 5.41) is 8.96. The van der Waals surface area contributed by atoms with E-state index in [1.807, 2.05) is 13.0 Å². The van der Waals surface area contributed by atoms with Crippen LogP contribution in [0.5, 0.6) is 5.88 Å². The minimum atomic E-state index is 0.263. The number of rotatable bonds is 4. The summed E-state index contributed by atoms with van der Waals surface area (Å²) in [4.78, 5) is 3.94. The first-order chi connectivity index (χ1) is 7.11. The molecule has 0 N–H and O–H groups in total. The van der Waals surface area contributed by atoms with Crippen molar-refractivity contribution in [3.05, 3.63) is 35.0 Å². The zero-order valence-electron chi connectivity index (χ0n) is 8.46. The molecule has 1 rings (SSSR count). The maximum absolute atomic E-state index is 8.69. The first-order valence-electron chi connectivity index (χ1n) is 4.46. The Bertz CT molecular complexity index is 410. The van der Waals surface area contributed by atoms with Gasteiger partial charge in [-0.3, -0.25) is 0 Å². The molecule has 0 saturated heterocycles. The number of aromatic nitrogens is 1. The molecule has 15 heavy (non-hydrogen) atoms. The third-order valence-corrected chi connectivity index (χ3v) is 1.87. The minimum absolute atomic E-state index is 0.263. The van der Waals surface area contributed by atoms with E-state index >= 15 is 0 Å². The van der Waals surface area contributed by atoms with Crippen LogP contribution in [0, 0.1) is 11.3 Å². The van der Waals surface area contributed by atoms with Crippen molar-refractivity contribution < 1.29 is 4.74 Å². The number of pyridine rings is 1. The molecule has 1 aromatic rings. The Morgan fingerprint density at radius 2 is 2.40 bits per heavy atom. The van der Waals surface area contributed by atoms with Crippen molar-refractivity contribution in [2.75, 3.05) is 6.61 Å². The second-order valence-electron chi connectivity index (χ2n) is 3.18. The molecule has 4 heteroatoms. The molecular weight excluding hydrogens is 212 g/mol. The predicted octanol–water partition coefficient (Wildman–Crippen LogP) is 2.95. The molecule has 0 saturated carbocycles. The van der Waals surface area contributed by atoms with Crippen molar-refractivity contribution in [2.45, 2.75) is 13.3 Å². The Labute approximate surface area is 94.0 Å². The predicted molar refractivity (Wildman–Crippen MR) is 58.9 cm³/mol. The summed E-state index contributed by atoms with van der Waals surface area (Å²) < 4.78 is 5.33. The van der Waals surface area contributed by atoms with E-state index in [4.69, 9.17) is 21.6 Å². The van der Waals surface area contributed by atoms with Crippen LogP contribution < -0.4 is 4.74 Å². The summed E-state index contributed by atoms with van der Waals surface area (Å²) in [7, 11) is 0. The summed E-state index contributed by atoms with van der Waals surface area (Å²) in [5.41, 5.74) is 1.48. The summed E-state index contributed by atoms with van der Waals surface area (Å²) in [6.45, 7) is 6.18. The van der Waals surface area contributed by atoms with E-state index in [1.54, 1.807) is 6.07 Å². The third-order valence-electron chi connectivity index (χ3n) is 1.68. The Kier molecular flexibility index (Phi) is 4.14. The normalized spacial score (nSPS) is 9.40. The van der Waals surface area contributed by atoms with E-state index in [0.29, 0.717) is 18.1 Å². The van der Waals surface area contributed by atoms with Gasteiger partial charge < -0.3 is 4.74 Å². The topological polar surface area (TPSA) is 45.9 Å². The number of nitriles is 1. The smallest absolute Gasteiger partial charge is 0.215 e. The third kappa shape index (κ3) is 4.01.